The van der Waals surface area contributed by atoms with Crippen molar-refractivity contribution in [3.63, 3.8) is 0 Å². The molecule has 1 unspecified atom stereocenters. The van der Waals surface area contributed by atoms with E-state index in [-0.39, 0.29) is 11.8 Å². The van der Waals surface area contributed by atoms with Crippen LogP contribution in [0.25, 0.3) is 0 Å². The molecular formula is C13H19N3O3S. The van der Waals surface area contributed by atoms with Crippen LogP contribution >= 0.6 is 0 Å². The number of nitrogens with one attached hydrogen (secondary N) is 1. The second-order valence-electron chi connectivity index (χ2n) is 5.21. The summed E-state index contributed by atoms with van der Waals surface area (Å²) in [6, 6.07) is 6.34. The SMILES string of the molecule is O=S1(=O)N(c2ccc(O)cc2)CCN1C1CCCNC1. The Morgan fingerprint density at radius 1 is 1.20 bits per heavy atom. The molecule has 1 aromatic rings. The van der Waals surface area contributed by atoms with Crippen LogP contribution in [0, 0.1) is 0 Å². The van der Waals surface area contributed by atoms with E-state index < -0.39 is 10.2 Å². The van der Waals surface area contributed by atoms with Gasteiger partial charge in [0, 0.05) is 25.7 Å². The summed E-state index contributed by atoms with van der Waals surface area (Å²) in [6.45, 7) is 2.67. The molecule has 1 aromatic carbocycles. The lowest BCUT2D eigenvalue weighted by Crippen LogP contribution is -2.48. The number of nitrogens with zero attached hydrogens (tertiary/aromatic N) is 2. The van der Waals surface area contributed by atoms with E-state index >= 15 is 0 Å². The van der Waals surface area contributed by atoms with Crippen LogP contribution in [0.4, 0.5) is 5.69 Å². The van der Waals surface area contributed by atoms with Crippen LogP contribution in [0.2, 0.25) is 0 Å². The van der Waals surface area contributed by atoms with Crippen LogP contribution in [0.1, 0.15) is 12.8 Å². The Morgan fingerprint density at radius 3 is 2.60 bits per heavy atom. The first-order valence-corrected chi connectivity index (χ1v) is 8.28. The van der Waals surface area contributed by atoms with E-state index in [1.807, 2.05) is 0 Å². The Hall–Kier alpha value is -1.31. The molecule has 6 nitrogen and oxygen atoms in total. The fourth-order valence-electron chi connectivity index (χ4n) is 2.88. The van der Waals surface area contributed by atoms with E-state index in [4.69, 9.17) is 0 Å². The van der Waals surface area contributed by atoms with Crippen molar-refractivity contribution in [1.82, 2.24) is 9.62 Å². The second-order valence-corrected chi connectivity index (χ2v) is 7.01. The molecule has 0 amide bonds. The molecule has 20 heavy (non-hydrogen) atoms. The molecule has 0 bridgehead atoms. The quantitative estimate of drug-likeness (QED) is 0.834. The summed E-state index contributed by atoms with van der Waals surface area (Å²) in [5.74, 6) is 0.138. The maximum Gasteiger partial charge on any atom is 0.304 e. The zero-order chi connectivity index (χ0) is 14.2. The molecule has 0 aromatic heterocycles. The van der Waals surface area contributed by atoms with Crippen molar-refractivity contribution in [3.05, 3.63) is 24.3 Å². The Morgan fingerprint density at radius 2 is 1.95 bits per heavy atom. The van der Waals surface area contributed by atoms with Crippen molar-refractivity contribution < 1.29 is 13.5 Å². The predicted molar refractivity (Wildman–Crippen MR) is 77.0 cm³/mol. The summed E-state index contributed by atoms with van der Waals surface area (Å²) >= 11 is 0. The average Bonchev–Trinajstić information content (AvgIpc) is 2.76. The second kappa shape index (κ2) is 5.23. The third-order valence-corrected chi connectivity index (χ3v) is 5.94. The Balaban J connectivity index is 1.83. The first-order valence-electron chi connectivity index (χ1n) is 6.88. The zero-order valence-electron chi connectivity index (χ0n) is 11.2. The lowest BCUT2D eigenvalue weighted by molar-refractivity contribution is 0.284. The third kappa shape index (κ3) is 2.36. The minimum Gasteiger partial charge on any atom is -0.508 e. The molecule has 0 spiro atoms. The molecule has 0 saturated carbocycles. The molecule has 2 aliphatic heterocycles. The van der Waals surface area contributed by atoms with Gasteiger partial charge in [0.05, 0.1) is 5.69 Å². The van der Waals surface area contributed by atoms with Crippen molar-refractivity contribution in [1.29, 1.82) is 0 Å². The fraction of sp³-hybridized carbons (Fsp3) is 0.538. The van der Waals surface area contributed by atoms with Gasteiger partial charge in [-0.05, 0) is 43.7 Å². The summed E-state index contributed by atoms with van der Waals surface area (Å²) in [4.78, 5) is 0. The first-order chi connectivity index (χ1) is 9.59. The van der Waals surface area contributed by atoms with E-state index in [9.17, 15) is 13.5 Å². The van der Waals surface area contributed by atoms with Gasteiger partial charge >= 0.3 is 10.2 Å². The fourth-order valence-corrected chi connectivity index (χ4v) is 4.70. The van der Waals surface area contributed by atoms with Gasteiger partial charge in [-0.3, -0.25) is 4.31 Å². The molecule has 110 valence electrons. The number of hydrogen-bond acceptors (Lipinski definition) is 4. The number of phenols is 1. The van der Waals surface area contributed by atoms with Crippen molar-refractivity contribution in [3.8, 4) is 5.75 Å². The van der Waals surface area contributed by atoms with Gasteiger partial charge in [0.25, 0.3) is 0 Å². The monoisotopic (exact) mass is 297 g/mol. The summed E-state index contributed by atoms with van der Waals surface area (Å²) in [5.41, 5.74) is 0.606. The number of benzene rings is 1. The standard InChI is InChI=1S/C13H19N3O3S/c17-13-5-3-11(4-6-13)15-8-9-16(20(15,18)19)12-2-1-7-14-10-12/h3-6,12,14,17H,1-2,7-10H2. The van der Waals surface area contributed by atoms with Crippen molar-refractivity contribution in [2.24, 2.45) is 0 Å². The molecular weight excluding hydrogens is 278 g/mol. The minimum atomic E-state index is -3.45. The lowest BCUT2D eigenvalue weighted by Gasteiger charge is -2.30. The molecule has 0 radical (unpaired) electrons. The van der Waals surface area contributed by atoms with Crippen LogP contribution in [0.5, 0.6) is 5.75 Å². The van der Waals surface area contributed by atoms with Gasteiger partial charge < -0.3 is 10.4 Å². The number of rotatable bonds is 2. The maximum absolute atomic E-state index is 12.6. The zero-order valence-corrected chi connectivity index (χ0v) is 12.0. The van der Waals surface area contributed by atoms with Gasteiger partial charge in [0.15, 0.2) is 0 Å². The van der Waals surface area contributed by atoms with Gasteiger partial charge in [-0.1, -0.05) is 0 Å². The van der Waals surface area contributed by atoms with Crippen LogP contribution in [0.3, 0.4) is 0 Å². The van der Waals surface area contributed by atoms with Gasteiger partial charge in [-0.25, -0.2) is 0 Å². The summed E-state index contributed by atoms with van der Waals surface area (Å²) in [7, 11) is -3.45. The van der Waals surface area contributed by atoms with Crippen molar-refractivity contribution in [2.75, 3.05) is 30.5 Å². The molecule has 2 N–H and O–H groups in total. The van der Waals surface area contributed by atoms with Gasteiger partial charge in [0.2, 0.25) is 0 Å². The highest BCUT2D eigenvalue weighted by atomic mass is 32.2. The average molecular weight is 297 g/mol. The smallest absolute Gasteiger partial charge is 0.304 e. The minimum absolute atomic E-state index is 0.0517. The number of hydrogen-bond donors (Lipinski definition) is 2. The highest BCUT2D eigenvalue weighted by Crippen LogP contribution is 2.29. The van der Waals surface area contributed by atoms with Crippen molar-refractivity contribution in [2.45, 2.75) is 18.9 Å². The largest absolute Gasteiger partial charge is 0.508 e. The van der Waals surface area contributed by atoms with E-state index in [1.165, 1.54) is 16.4 Å². The molecule has 1 atom stereocenters. The number of anilines is 1. The summed E-state index contributed by atoms with van der Waals surface area (Å²) < 4.78 is 28.3. The Bertz CT molecular complexity index is 567. The van der Waals surface area contributed by atoms with Crippen LogP contribution in [-0.2, 0) is 10.2 Å². The highest BCUT2D eigenvalue weighted by molar-refractivity contribution is 7.90. The predicted octanol–water partition coefficient (Wildman–Crippen LogP) is 0.511. The molecule has 2 heterocycles. The third-order valence-electron chi connectivity index (χ3n) is 3.91. The van der Waals surface area contributed by atoms with E-state index in [1.54, 1.807) is 16.4 Å². The van der Waals surface area contributed by atoms with Crippen LogP contribution in [-0.4, -0.2) is 50.1 Å². The molecule has 2 saturated heterocycles. The van der Waals surface area contributed by atoms with Gasteiger partial charge in [-0.15, -0.1) is 0 Å². The van der Waals surface area contributed by atoms with Crippen molar-refractivity contribution >= 4 is 15.9 Å². The topological polar surface area (TPSA) is 72.9 Å². The van der Waals surface area contributed by atoms with E-state index in [0.29, 0.717) is 18.8 Å². The number of phenolic OH excluding ortho intramolecular Hbond substituents is 1. The maximum atomic E-state index is 12.6. The molecule has 0 aliphatic carbocycles. The number of piperidine rings is 1. The lowest BCUT2D eigenvalue weighted by atomic mass is 10.1. The molecule has 3 rings (SSSR count). The summed E-state index contributed by atoms with van der Waals surface area (Å²) in [5, 5.41) is 12.6. The molecule has 2 aliphatic rings. The van der Waals surface area contributed by atoms with Gasteiger partial charge in [-0.2, -0.15) is 12.7 Å². The Labute approximate surface area is 119 Å². The van der Waals surface area contributed by atoms with Gasteiger partial charge in [0.1, 0.15) is 5.75 Å². The summed E-state index contributed by atoms with van der Waals surface area (Å²) in [6.07, 6.45) is 1.92. The molecule has 7 heteroatoms. The normalized spacial score (nSPS) is 26.8. The van der Waals surface area contributed by atoms with E-state index in [2.05, 4.69) is 5.32 Å². The van der Waals surface area contributed by atoms with E-state index in [0.717, 1.165) is 25.9 Å². The van der Waals surface area contributed by atoms with Crippen LogP contribution in [0.15, 0.2) is 24.3 Å². The highest BCUT2D eigenvalue weighted by Gasteiger charge is 2.41. The Kier molecular flexibility index (Phi) is 3.57. The number of aromatic hydroxyl groups is 1. The van der Waals surface area contributed by atoms with Crippen LogP contribution < -0.4 is 9.62 Å². The molecule has 2 fully saturated rings. The first kappa shape index (κ1) is 13.7.